The van der Waals surface area contributed by atoms with E-state index < -0.39 is 10.0 Å². The van der Waals surface area contributed by atoms with Crippen LogP contribution in [0.5, 0.6) is 0 Å². The van der Waals surface area contributed by atoms with Crippen LogP contribution in [0.15, 0.2) is 58.2 Å². The first kappa shape index (κ1) is 15.9. The van der Waals surface area contributed by atoms with Crippen LogP contribution in [0.25, 0.3) is 10.9 Å². The Kier molecular flexibility index (Phi) is 3.65. The van der Waals surface area contributed by atoms with Crippen LogP contribution in [-0.2, 0) is 16.4 Å². The van der Waals surface area contributed by atoms with Crippen LogP contribution >= 0.6 is 0 Å². The Morgan fingerprint density at radius 2 is 1.88 bits per heavy atom. The Balaban J connectivity index is 1.87. The number of aryl methyl sites for hydroxylation is 2. The first-order chi connectivity index (χ1) is 12.0. The van der Waals surface area contributed by atoms with Gasteiger partial charge in [0.05, 0.1) is 10.6 Å². The molecule has 0 spiro atoms. The maximum atomic E-state index is 13.2. The Hall–Kier alpha value is -2.60. The van der Waals surface area contributed by atoms with Gasteiger partial charge in [0.1, 0.15) is 0 Å². The van der Waals surface area contributed by atoms with Crippen molar-refractivity contribution in [3.63, 3.8) is 0 Å². The molecular weight excluding hydrogens is 336 g/mol. The van der Waals surface area contributed by atoms with Crippen molar-refractivity contribution in [2.45, 2.75) is 24.7 Å². The second-order valence-corrected chi connectivity index (χ2v) is 8.20. The summed E-state index contributed by atoms with van der Waals surface area (Å²) in [4.78, 5) is 14.6. The van der Waals surface area contributed by atoms with E-state index in [1.54, 1.807) is 18.2 Å². The molecule has 1 aromatic heterocycles. The molecule has 0 unspecified atom stereocenters. The van der Waals surface area contributed by atoms with E-state index >= 15 is 0 Å². The number of fused-ring (bicyclic) bond motifs is 2. The minimum atomic E-state index is -3.65. The lowest BCUT2D eigenvalue weighted by molar-refractivity contribution is 0.586. The van der Waals surface area contributed by atoms with Gasteiger partial charge in [-0.1, -0.05) is 18.2 Å². The molecule has 0 fully saturated rings. The first-order valence-electron chi connectivity index (χ1n) is 8.21. The van der Waals surface area contributed by atoms with Gasteiger partial charge >= 0.3 is 0 Å². The molecule has 25 heavy (non-hydrogen) atoms. The number of H-pyrrole nitrogens is 1. The lowest BCUT2D eigenvalue weighted by atomic mass is 10.0. The van der Waals surface area contributed by atoms with Gasteiger partial charge in [-0.3, -0.25) is 9.10 Å². The number of sulfonamides is 1. The number of aromatic amines is 1. The van der Waals surface area contributed by atoms with Gasteiger partial charge in [0.15, 0.2) is 0 Å². The normalized spacial score (nSPS) is 14.5. The zero-order valence-electron chi connectivity index (χ0n) is 13.8. The van der Waals surface area contributed by atoms with Crippen LogP contribution in [0.1, 0.15) is 17.5 Å². The Bertz CT molecular complexity index is 1130. The molecule has 0 amide bonds. The van der Waals surface area contributed by atoms with Gasteiger partial charge in [-0.15, -0.1) is 0 Å². The standard InChI is InChI=1S/C19H18N2O3S/c1-13-11-19(22)20-17-9-8-15(12-16(13)17)25(23,24)21-10-4-6-14-5-2-3-7-18(14)21/h2-3,5,7-9,11-12H,4,6,10H2,1H3,(H,20,22). The molecule has 4 rings (SSSR count). The number of benzene rings is 2. The molecule has 0 saturated carbocycles. The van der Waals surface area contributed by atoms with Gasteiger partial charge in [0, 0.05) is 23.5 Å². The van der Waals surface area contributed by atoms with Crippen molar-refractivity contribution >= 4 is 26.6 Å². The maximum absolute atomic E-state index is 13.2. The lowest BCUT2D eigenvalue weighted by Gasteiger charge is -2.30. The van der Waals surface area contributed by atoms with Crippen molar-refractivity contribution in [1.82, 2.24) is 4.98 Å². The van der Waals surface area contributed by atoms with Crippen molar-refractivity contribution in [3.8, 4) is 0 Å². The molecule has 1 aliphatic heterocycles. The van der Waals surface area contributed by atoms with Crippen LogP contribution in [0.4, 0.5) is 5.69 Å². The topological polar surface area (TPSA) is 70.2 Å². The molecule has 0 atom stereocenters. The van der Waals surface area contributed by atoms with Crippen molar-refractivity contribution in [2.75, 3.05) is 10.8 Å². The van der Waals surface area contributed by atoms with Crippen LogP contribution in [0, 0.1) is 6.92 Å². The average molecular weight is 354 g/mol. The highest BCUT2D eigenvalue weighted by molar-refractivity contribution is 7.92. The molecule has 0 radical (unpaired) electrons. The third-order valence-corrected chi connectivity index (χ3v) is 6.49. The molecule has 0 bridgehead atoms. The number of anilines is 1. The van der Waals surface area contributed by atoms with Crippen LogP contribution < -0.4 is 9.86 Å². The zero-order valence-corrected chi connectivity index (χ0v) is 14.6. The minimum Gasteiger partial charge on any atom is -0.322 e. The van der Waals surface area contributed by atoms with E-state index in [9.17, 15) is 13.2 Å². The number of hydrogen-bond donors (Lipinski definition) is 1. The van der Waals surface area contributed by atoms with Crippen LogP contribution in [-0.4, -0.2) is 19.9 Å². The Morgan fingerprint density at radius 1 is 1.08 bits per heavy atom. The highest BCUT2D eigenvalue weighted by atomic mass is 32.2. The fraction of sp³-hybridized carbons (Fsp3) is 0.211. The second kappa shape index (κ2) is 5.74. The summed E-state index contributed by atoms with van der Waals surface area (Å²) in [5, 5.41) is 0.742. The Morgan fingerprint density at radius 3 is 2.72 bits per heavy atom. The predicted molar refractivity (Wildman–Crippen MR) is 98.6 cm³/mol. The monoisotopic (exact) mass is 354 g/mol. The van der Waals surface area contributed by atoms with E-state index in [4.69, 9.17) is 0 Å². The molecule has 6 heteroatoms. The summed E-state index contributed by atoms with van der Waals surface area (Å²) < 4.78 is 27.9. The van der Waals surface area contributed by atoms with Gasteiger partial charge in [-0.05, 0) is 55.2 Å². The SMILES string of the molecule is Cc1cc(=O)[nH]c2ccc(S(=O)(=O)N3CCCc4ccccc43)cc12. The molecular formula is C19H18N2O3S. The third kappa shape index (κ3) is 2.62. The molecule has 128 valence electrons. The highest BCUT2D eigenvalue weighted by Gasteiger charge is 2.29. The van der Waals surface area contributed by atoms with Gasteiger partial charge in [-0.2, -0.15) is 0 Å². The molecule has 0 saturated heterocycles. The number of pyridine rings is 1. The molecule has 0 aliphatic carbocycles. The fourth-order valence-corrected chi connectivity index (χ4v) is 5.01. The van der Waals surface area contributed by atoms with E-state index in [0.29, 0.717) is 12.1 Å². The summed E-state index contributed by atoms with van der Waals surface area (Å²) in [6.45, 7) is 2.28. The van der Waals surface area contributed by atoms with Crippen molar-refractivity contribution in [3.05, 3.63) is 70.0 Å². The van der Waals surface area contributed by atoms with Gasteiger partial charge in [0.25, 0.3) is 10.0 Å². The number of nitrogens with zero attached hydrogens (tertiary/aromatic N) is 1. The molecule has 3 aromatic rings. The fourth-order valence-electron chi connectivity index (χ4n) is 3.44. The van der Waals surface area contributed by atoms with Crippen molar-refractivity contribution in [2.24, 2.45) is 0 Å². The number of hydrogen-bond acceptors (Lipinski definition) is 3. The van der Waals surface area contributed by atoms with Gasteiger partial charge in [-0.25, -0.2) is 8.42 Å². The van der Waals surface area contributed by atoms with Gasteiger partial charge < -0.3 is 4.98 Å². The van der Waals surface area contributed by atoms with E-state index in [1.807, 2.05) is 31.2 Å². The molecule has 1 aliphatic rings. The quantitative estimate of drug-likeness (QED) is 0.769. The van der Waals surface area contributed by atoms with Crippen molar-refractivity contribution < 1.29 is 8.42 Å². The molecule has 2 aromatic carbocycles. The largest absolute Gasteiger partial charge is 0.322 e. The van der Waals surface area contributed by atoms with E-state index in [0.717, 1.165) is 35.0 Å². The smallest absolute Gasteiger partial charge is 0.264 e. The average Bonchev–Trinajstić information content (AvgIpc) is 2.60. The predicted octanol–water partition coefficient (Wildman–Crippen LogP) is 2.98. The number of aromatic nitrogens is 1. The number of rotatable bonds is 2. The summed E-state index contributed by atoms with van der Waals surface area (Å²) in [5.74, 6) is 0. The minimum absolute atomic E-state index is 0.189. The summed E-state index contributed by atoms with van der Waals surface area (Å²) in [5.41, 5.74) is 3.02. The molecule has 1 N–H and O–H groups in total. The number of nitrogens with one attached hydrogen (secondary N) is 1. The van der Waals surface area contributed by atoms with E-state index in [1.165, 1.54) is 10.4 Å². The highest BCUT2D eigenvalue weighted by Crippen LogP contribution is 2.32. The van der Waals surface area contributed by atoms with E-state index in [-0.39, 0.29) is 10.5 Å². The summed E-state index contributed by atoms with van der Waals surface area (Å²) >= 11 is 0. The summed E-state index contributed by atoms with van der Waals surface area (Å²) in [6, 6.07) is 14.0. The maximum Gasteiger partial charge on any atom is 0.264 e. The molecule has 2 heterocycles. The van der Waals surface area contributed by atoms with Crippen LogP contribution in [0.2, 0.25) is 0 Å². The van der Waals surface area contributed by atoms with Crippen LogP contribution in [0.3, 0.4) is 0 Å². The lowest BCUT2D eigenvalue weighted by Crippen LogP contribution is -2.35. The van der Waals surface area contributed by atoms with Crippen molar-refractivity contribution in [1.29, 1.82) is 0 Å². The third-order valence-electron chi connectivity index (χ3n) is 4.68. The molecule has 5 nitrogen and oxygen atoms in total. The zero-order chi connectivity index (χ0) is 17.6. The summed E-state index contributed by atoms with van der Waals surface area (Å²) in [6.07, 6.45) is 1.69. The first-order valence-corrected chi connectivity index (χ1v) is 9.65. The second-order valence-electron chi connectivity index (χ2n) is 6.33. The Labute approximate surface area is 146 Å². The van der Waals surface area contributed by atoms with Gasteiger partial charge in [0.2, 0.25) is 5.56 Å². The number of para-hydroxylation sites is 1. The summed E-state index contributed by atoms with van der Waals surface area (Å²) in [7, 11) is -3.65. The van der Waals surface area contributed by atoms with E-state index in [2.05, 4.69) is 4.98 Å².